The van der Waals surface area contributed by atoms with E-state index < -0.39 is 0 Å². The van der Waals surface area contributed by atoms with Crippen molar-refractivity contribution in [2.45, 2.75) is 51.2 Å². The van der Waals surface area contributed by atoms with Crippen molar-refractivity contribution in [1.82, 2.24) is 14.5 Å². The molecule has 0 radical (unpaired) electrons. The van der Waals surface area contributed by atoms with Crippen LogP contribution in [0.25, 0.3) is 0 Å². The maximum Gasteiger partial charge on any atom is 0.111 e. The number of likely N-dealkylation sites (tertiary alicyclic amines) is 1. The quantitative estimate of drug-likeness (QED) is 0.861. The van der Waals surface area contributed by atoms with Gasteiger partial charge in [-0.2, -0.15) is 0 Å². The number of fused-ring (bicyclic) bond motifs is 1. The van der Waals surface area contributed by atoms with E-state index in [2.05, 4.69) is 22.6 Å². The highest BCUT2D eigenvalue weighted by atomic mass is 16.3. The Bertz CT molecular complexity index is 415. The van der Waals surface area contributed by atoms with Crippen LogP contribution in [0, 0.1) is 0 Å². The van der Waals surface area contributed by atoms with Crippen LogP contribution in [0.4, 0.5) is 0 Å². The van der Waals surface area contributed by atoms with E-state index in [-0.39, 0.29) is 6.10 Å². The highest BCUT2D eigenvalue weighted by Gasteiger charge is 2.25. The molecule has 2 aliphatic heterocycles. The van der Waals surface area contributed by atoms with Crippen molar-refractivity contribution in [1.29, 1.82) is 0 Å². The monoisotopic (exact) mass is 249 g/mol. The molecule has 4 heteroatoms. The standard InChI is InChI=1S/C14H23N3O/c1-2-16-6-3-4-11(9-16)13-10-17-7-5-12(18)8-14(17)15-13/h10-12,18H,2-9H2,1H3. The first-order valence-corrected chi connectivity index (χ1v) is 7.22. The second-order valence-corrected chi connectivity index (χ2v) is 5.65. The molecule has 0 aliphatic carbocycles. The lowest BCUT2D eigenvalue weighted by Gasteiger charge is -2.30. The molecule has 0 amide bonds. The molecule has 18 heavy (non-hydrogen) atoms. The predicted molar refractivity (Wildman–Crippen MR) is 70.6 cm³/mol. The lowest BCUT2D eigenvalue weighted by Crippen LogP contribution is -2.34. The molecule has 0 bridgehead atoms. The lowest BCUT2D eigenvalue weighted by molar-refractivity contribution is 0.141. The number of imidazole rings is 1. The summed E-state index contributed by atoms with van der Waals surface area (Å²) in [6.45, 7) is 6.68. The highest BCUT2D eigenvalue weighted by molar-refractivity contribution is 5.13. The second kappa shape index (κ2) is 5.02. The molecule has 1 N–H and O–H groups in total. The maximum absolute atomic E-state index is 9.69. The van der Waals surface area contributed by atoms with Crippen LogP contribution in [-0.4, -0.2) is 45.3 Å². The van der Waals surface area contributed by atoms with Crippen LogP contribution >= 0.6 is 0 Å². The molecular weight excluding hydrogens is 226 g/mol. The van der Waals surface area contributed by atoms with Gasteiger partial charge in [0.1, 0.15) is 5.82 Å². The van der Waals surface area contributed by atoms with Crippen LogP contribution < -0.4 is 0 Å². The third kappa shape index (κ3) is 2.31. The molecule has 1 aromatic heterocycles. The summed E-state index contributed by atoms with van der Waals surface area (Å²) in [5, 5.41) is 9.69. The van der Waals surface area contributed by atoms with Crippen molar-refractivity contribution in [3.8, 4) is 0 Å². The van der Waals surface area contributed by atoms with Crippen molar-refractivity contribution >= 4 is 0 Å². The van der Waals surface area contributed by atoms with Crippen LogP contribution in [0.2, 0.25) is 0 Å². The molecule has 3 rings (SSSR count). The number of rotatable bonds is 2. The first-order valence-electron chi connectivity index (χ1n) is 7.22. The molecule has 2 aliphatic rings. The number of likely N-dealkylation sites (N-methyl/N-ethyl adjacent to an activating group) is 1. The summed E-state index contributed by atoms with van der Waals surface area (Å²) in [4.78, 5) is 7.29. The second-order valence-electron chi connectivity index (χ2n) is 5.65. The molecule has 0 spiro atoms. The van der Waals surface area contributed by atoms with Gasteiger partial charge in [0.2, 0.25) is 0 Å². The van der Waals surface area contributed by atoms with Crippen molar-refractivity contribution in [2.24, 2.45) is 0 Å². The van der Waals surface area contributed by atoms with Gasteiger partial charge in [-0.3, -0.25) is 0 Å². The van der Waals surface area contributed by atoms with Gasteiger partial charge in [-0.15, -0.1) is 0 Å². The summed E-state index contributed by atoms with van der Waals surface area (Å²) in [5.41, 5.74) is 1.25. The first-order chi connectivity index (χ1) is 8.76. The van der Waals surface area contributed by atoms with Gasteiger partial charge in [0.25, 0.3) is 0 Å². The van der Waals surface area contributed by atoms with E-state index in [4.69, 9.17) is 4.98 Å². The molecule has 4 nitrogen and oxygen atoms in total. The van der Waals surface area contributed by atoms with E-state index in [1.165, 1.54) is 25.1 Å². The largest absolute Gasteiger partial charge is 0.393 e. The van der Waals surface area contributed by atoms with Crippen LogP contribution in [-0.2, 0) is 13.0 Å². The smallest absolute Gasteiger partial charge is 0.111 e. The van der Waals surface area contributed by atoms with Gasteiger partial charge in [-0.25, -0.2) is 4.98 Å². The molecule has 1 fully saturated rings. The summed E-state index contributed by atoms with van der Waals surface area (Å²) >= 11 is 0. The minimum Gasteiger partial charge on any atom is -0.393 e. The third-order valence-electron chi connectivity index (χ3n) is 4.37. The molecule has 100 valence electrons. The zero-order valence-electron chi connectivity index (χ0n) is 11.2. The summed E-state index contributed by atoms with van der Waals surface area (Å²) in [5.74, 6) is 1.67. The Hall–Kier alpha value is -0.870. The normalized spacial score (nSPS) is 29.2. The number of aromatic nitrogens is 2. The van der Waals surface area contributed by atoms with Crippen molar-refractivity contribution in [3.05, 3.63) is 17.7 Å². The molecule has 1 saturated heterocycles. The van der Waals surface area contributed by atoms with E-state index in [0.717, 1.165) is 38.3 Å². The Kier molecular flexibility index (Phi) is 3.39. The average Bonchev–Trinajstić information content (AvgIpc) is 2.81. The fourth-order valence-electron chi connectivity index (χ4n) is 3.21. The molecule has 2 atom stereocenters. The van der Waals surface area contributed by atoms with Gasteiger partial charge in [-0.05, 0) is 32.4 Å². The Morgan fingerprint density at radius 2 is 2.28 bits per heavy atom. The summed E-state index contributed by atoms with van der Waals surface area (Å²) in [6, 6.07) is 0. The van der Waals surface area contributed by atoms with Crippen LogP contribution in [0.3, 0.4) is 0 Å². The van der Waals surface area contributed by atoms with Crippen LogP contribution in [0.15, 0.2) is 6.20 Å². The van der Waals surface area contributed by atoms with E-state index in [1.807, 2.05) is 0 Å². The Balaban J connectivity index is 1.76. The van der Waals surface area contributed by atoms with Gasteiger partial charge in [0, 0.05) is 31.6 Å². The SMILES string of the molecule is CCN1CCCC(c2cn3c(n2)CC(O)CC3)C1. The fourth-order valence-corrected chi connectivity index (χ4v) is 3.21. The van der Waals surface area contributed by atoms with E-state index in [9.17, 15) is 5.11 Å². The minimum absolute atomic E-state index is 0.189. The zero-order chi connectivity index (χ0) is 12.5. The van der Waals surface area contributed by atoms with Gasteiger partial charge < -0.3 is 14.6 Å². The molecule has 1 aromatic rings. The van der Waals surface area contributed by atoms with Gasteiger partial charge in [0.15, 0.2) is 0 Å². The van der Waals surface area contributed by atoms with E-state index in [1.54, 1.807) is 0 Å². The van der Waals surface area contributed by atoms with Gasteiger partial charge in [-0.1, -0.05) is 6.92 Å². The number of hydrogen-bond acceptors (Lipinski definition) is 3. The number of piperidine rings is 1. The van der Waals surface area contributed by atoms with Gasteiger partial charge in [0.05, 0.1) is 11.8 Å². The topological polar surface area (TPSA) is 41.3 Å². The first kappa shape index (κ1) is 12.2. The summed E-state index contributed by atoms with van der Waals surface area (Å²) in [7, 11) is 0. The minimum atomic E-state index is -0.189. The maximum atomic E-state index is 9.69. The van der Waals surface area contributed by atoms with E-state index in [0.29, 0.717) is 5.92 Å². The molecule has 3 heterocycles. The number of aliphatic hydroxyl groups is 1. The summed E-state index contributed by atoms with van der Waals surface area (Å²) in [6.07, 6.45) is 6.18. The molecule has 0 saturated carbocycles. The number of hydrogen-bond donors (Lipinski definition) is 1. The third-order valence-corrected chi connectivity index (χ3v) is 4.37. The Morgan fingerprint density at radius 3 is 3.11 bits per heavy atom. The van der Waals surface area contributed by atoms with Crippen molar-refractivity contribution in [2.75, 3.05) is 19.6 Å². The average molecular weight is 249 g/mol. The molecular formula is C14H23N3O. The van der Waals surface area contributed by atoms with Crippen LogP contribution in [0.5, 0.6) is 0 Å². The van der Waals surface area contributed by atoms with E-state index >= 15 is 0 Å². The van der Waals surface area contributed by atoms with Crippen molar-refractivity contribution in [3.63, 3.8) is 0 Å². The number of aryl methyl sites for hydroxylation is 1. The van der Waals surface area contributed by atoms with Gasteiger partial charge >= 0.3 is 0 Å². The zero-order valence-corrected chi connectivity index (χ0v) is 11.2. The number of aliphatic hydroxyl groups excluding tert-OH is 1. The molecule has 0 aromatic carbocycles. The predicted octanol–water partition coefficient (Wildman–Crippen LogP) is 1.39. The van der Waals surface area contributed by atoms with Crippen LogP contribution in [0.1, 0.15) is 43.6 Å². The fraction of sp³-hybridized carbons (Fsp3) is 0.786. The Morgan fingerprint density at radius 1 is 1.39 bits per heavy atom. The highest BCUT2D eigenvalue weighted by Crippen LogP contribution is 2.27. The molecule has 2 unspecified atom stereocenters. The lowest BCUT2D eigenvalue weighted by atomic mass is 9.95. The van der Waals surface area contributed by atoms with Crippen molar-refractivity contribution < 1.29 is 5.11 Å². The number of nitrogens with zero attached hydrogens (tertiary/aromatic N) is 3. The Labute approximate surface area is 109 Å². The summed E-state index contributed by atoms with van der Waals surface area (Å²) < 4.78 is 2.24.